The smallest absolute Gasteiger partial charge is 0.195 e. The van der Waals surface area contributed by atoms with Crippen LogP contribution in [0.2, 0.25) is 0 Å². The number of rotatable bonds is 1. The number of thiocarbonyl (C=S) groups is 1. The second kappa shape index (κ2) is 4.96. The van der Waals surface area contributed by atoms with Gasteiger partial charge in [0.2, 0.25) is 0 Å². The van der Waals surface area contributed by atoms with Crippen molar-refractivity contribution in [3.63, 3.8) is 0 Å². The normalized spacial score (nSPS) is 22.6. The van der Waals surface area contributed by atoms with E-state index < -0.39 is 0 Å². The largest absolute Gasteiger partial charge is 0.375 e. The Hall–Kier alpha value is -1.97. The minimum absolute atomic E-state index is 0.0688. The van der Waals surface area contributed by atoms with Gasteiger partial charge in [-0.1, -0.05) is 30.4 Å². The molecule has 0 saturated carbocycles. The van der Waals surface area contributed by atoms with Gasteiger partial charge >= 0.3 is 0 Å². The Labute approximate surface area is 116 Å². The van der Waals surface area contributed by atoms with Gasteiger partial charge < -0.3 is 9.64 Å². The first-order valence-corrected chi connectivity index (χ1v) is 6.44. The molecule has 1 aromatic carbocycles. The van der Waals surface area contributed by atoms with Gasteiger partial charge in [-0.2, -0.15) is 10.4 Å². The molecule has 0 amide bonds. The summed E-state index contributed by atoms with van der Waals surface area (Å²) in [5.74, 6) is 0. The van der Waals surface area contributed by atoms with Gasteiger partial charge in [0.1, 0.15) is 17.2 Å². The summed E-state index contributed by atoms with van der Waals surface area (Å²) in [4.78, 5) is 2.53. The van der Waals surface area contributed by atoms with Gasteiger partial charge in [0, 0.05) is 6.54 Å². The van der Waals surface area contributed by atoms with Crippen LogP contribution in [0.15, 0.2) is 35.4 Å². The van der Waals surface area contributed by atoms with Crippen molar-refractivity contribution >= 4 is 28.6 Å². The number of nitrogens with zero attached hydrogens (tertiary/aromatic N) is 4. The molecule has 0 aromatic heterocycles. The molecule has 0 spiro atoms. The van der Waals surface area contributed by atoms with Gasteiger partial charge in [-0.15, -0.1) is 0 Å². The van der Waals surface area contributed by atoms with E-state index in [1.54, 1.807) is 0 Å². The number of anilines is 1. The van der Waals surface area contributed by atoms with Crippen molar-refractivity contribution in [2.24, 2.45) is 5.10 Å². The highest BCUT2D eigenvalue weighted by molar-refractivity contribution is 7.82. The predicted molar refractivity (Wildman–Crippen MR) is 75.9 cm³/mol. The SMILES string of the molecule is N#CC1=NN(c2ccccc2)C2COCCN2C1=S. The Kier molecular flexibility index (Phi) is 3.15. The Morgan fingerprint density at radius 3 is 2.89 bits per heavy atom. The van der Waals surface area contributed by atoms with E-state index >= 15 is 0 Å². The maximum absolute atomic E-state index is 9.16. The average molecular weight is 272 g/mol. The van der Waals surface area contributed by atoms with Crippen molar-refractivity contribution in [2.45, 2.75) is 6.17 Å². The van der Waals surface area contributed by atoms with Crippen molar-refractivity contribution in [1.29, 1.82) is 5.26 Å². The monoisotopic (exact) mass is 272 g/mol. The first-order valence-electron chi connectivity index (χ1n) is 6.03. The quantitative estimate of drug-likeness (QED) is 0.723. The molecule has 6 heteroatoms. The number of ether oxygens (including phenoxy) is 1. The highest BCUT2D eigenvalue weighted by Crippen LogP contribution is 2.25. The molecular formula is C13H12N4OS. The van der Waals surface area contributed by atoms with Crippen LogP contribution < -0.4 is 5.01 Å². The fraction of sp³-hybridized carbons (Fsp3) is 0.308. The average Bonchev–Trinajstić information content (AvgIpc) is 2.49. The zero-order chi connectivity index (χ0) is 13.2. The van der Waals surface area contributed by atoms with E-state index in [1.807, 2.05) is 40.2 Å². The zero-order valence-electron chi connectivity index (χ0n) is 10.2. The van der Waals surface area contributed by atoms with E-state index in [4.69, 9.17) is 22.2 Å². The molecule has 1 fully saturated rings. The summed E-state index contributed by atoms with van der Waals surface area (Å²) in [6.07, 6.45) is -0.0688. The second-order valence-corrected chi connectivity index (χ2v) is 4.68. The van der Waals surface area contributed by atoms with Crippen LogP contribution in [0.1, 0.15) is 0 Å². The molecule has 1 unspecified atom stereocenters. The van der Waals surface area contributed by atoms with Crippen molar-refractivity contribution in [2.75, 3.05) is 24.8 Å². The van der Waals surface area contributed by atoms with Crippen LogP contribution in [-0.4, -0.2) is 41.5 Å². The Balaban J connectivity index is 2.04. The highest BCUT2D eigenvalue weighted by Gasteiger charge is 2.36. The van der Waals surface area contributed by atoms with Gasteiger partial charge in [0.25, 0.3) is 0 Å². The number of hydrazone groups is 1. The lowest BCUT2D eigenvalue weighted by Crippen LogP contribution is -2.60. The van der Waals surface area contributed by atoms with Crippen molar-refractivity contribution in [3.05, 3.63) is 30.3 Å². The summed E-state index contributed by atoms with van der Waals surface area (Å²) in [5.41, 5.74) is 1.22. The number of nitriles is 1. The molecule has 19 heavy (non-hydrogen) atoms. The van der Waals surface area contributed by atoms with Gasteiger partial charge in [0.15, 0.2) is 5.71 Å². The van der Waals surface area contributed by atoms with E-state index in [9.17, 15) is 0 Å². The molecule has 0 aliphatic carbocycles. The summed E-state index contributed by atoms with van der Waals surface area (Å²) >= 11 is 5.32. The predicted octanol–water partition coefficient (Wildman–Crippen LogP) is 1.37. The molecular weight excluding hydrogens is 260 g/mol. The standard InChI is InChI=1S/C13H12N4OS/c14-8-11-13(19)16-6-7-18-9-12(16)17(15-11)10-4-2-1-3-5-10/h1-5,12H,6-7,9H2. The number of morpholine rings is 1. The van der Waals surface area contributed by atoms with Crippen LogP contribution in [0, 0.1) is 11.3 Å². The van der Waals surface area contributed by atoms with E-state index in [-0.39, 0.29) is 11.9 Å². The fourth-order valence-corrected chi connectivity index (χ4v) is 2.56. The summed E-state index contributed by atoms with van der Waals surface area (Å²) in [6, 6.07) is 11.8. The van der Waals surface area contributed by atoms with E-state index in [0.29, 0.717) is 24.7 Å². The molecule has 5 nitrogen and oxygen atoms in total. The maximum Gasteiger partial charge on any atom is 0.195 e. The number of hydrogen-bond acceptors (Lipinski definition) is 5. The number of hydrogen-bond donors (Lipinski definition) is 0. The highest BCUT2D eigenvalue weighted by atomic mass is 32.1. The van der Waals surface area contributed by atoms with Crippen LogP contribution in [0.5, 0.6) is 0 Å². The van der Waals surface area contributed by atoms with Crippen LogP contribution >= 0.6 is 12.2 Å². The Morgan fingerprint density at radius 1 is 1.37 bits per heavy atom. The summed E-state index contributed by atoms with van der Waals surface area (Å²) in [7, 11) is 0. The van der Waals surface area contributed by atoms with Crippen LogP contribution in [0.25, 0.3) is 0 Å². The number of benzene rings is 1. The molecule has 1 aromatic rings. The van der Waals surface area contributed by atoms with E-state index in [1.165, 1.54) is 0 Å². The third-order valence-electron chi connectivity index (χ3n) is 3.18. The molecule has 2 aliphatic heterocycles. The summed E-state index contributed by atoms with van der Waals surface area (Å²) in [5, 5.41) is 15.3. The molecule has 1 atom stereocenters. The number of para-hydroxylation sites is 1. The first kappa shape index (κ1) is 12.1. The molecule has 1 saturated heterocycles. The maximum atomic E-state index is 9.16. The summed E-state index contributed by atoms with van der Waals surface area (Å²) in [6.45, 7) is 1.84. The lowest BCUT2D eigenvalue weighted by atomic mass is 10.2. The zero-order valence-corrected chi connectivity index (χ0v) is 11.0. The second-order valence-electron chi connectivity index (χ2n) is 4.29. The minimum Gasteiger partial charge on any atom is -0.375 e. The molecule has 2 aliphatic rings. The molecule has 96 valence electrons. The Bertz CT molecular complexity index is 566. The molecule has 0 radical (unpaired) electrons. The molecule has 0 bridgehead atoms. The van der Waals surface area contributed by atoms with Crippen LogP contribution in [-0.2, 0) is 4.74 Å². The van der Waals surface area contributed by atoms with Gasteiger partial charge in [-0.25, -0.2) is 5.01 Å². The number of fused-ring (bicyclic) bond motifs is 1. The van der Waals surface area contributed by atoms with Crippen molar-refractivity contribution in [3.8, 4) is 6.07 Å². The van der Waals surface area contributed by atoms with E-state index in [0.717, 1.165) is 5.69 Å². The third-order valence-corrected chi connectivity index (χ3v) is 3.61. The van der Waals surface area contributed by atoms with Crippen molar-refractivity contribution < 1.29 is 4.74 Å². The van der Waals surface area contributed by atoms with Gasteiger partial charge in [-0.3, -0.25) is 0 Å². The lowest BCUT2D eigenvalue weighted by molar-refractivity contribution is 0.0258. The minimum atomic E-state index is -0.0688. The van der Waals surface area contributed by atoms with Crippen LogP contribution in [0.4, 0.5) is 5.69 Å². The third kappa shape index (κ3) is 2.07. The topological polar surface area (TPSA) is 51.9 Å². The Morgan fingerprint density at radius 2 is 2.16 bits per heavy atom. The molecule has 0 N–H and O–H groups in total. The lowest BCUT2D eigenvalue weighted by Gasteiger charge is -2.44. The first-order chi connectivity index (χ1) is 9.31. The van der Waals surface area contributed by atoms with Gasteiger partial charge in [0.05, 0.1) is 18.9 Å². The molecule has 2 heterocycles. The van der Waals surface area contributed by atoms with E-state index in [2.05, 4.69) is 11.2 Å². The van der Waals surface area contributed by atoms with Crippen molar-refractivity contribution in [1.82, 2.24) is 4.90 Å². The van der Waals surface area contributed by atoms with Crippen LogP contribution in [0.3, 0.4) is 0 Å². The van der Waals surface area contributed by atoms with Gasteiger partial charge in [-0.05, 0) is 12.1 Å². The summed E-state index contributed by atoms with van der Waals surface area (Å²) < 4.78 is 5.51. The molecule has 3 rings (SSSR count). The fourth-order valence-electron chi connectivity index (χ4n) is 2.26.